The van der Waals surface area contributed by atoms with Crippen LogP contribution in [0.4, 0.5) is 5.88 Å². The van der Waals surface area contributed by atoms with Crippen molar-refractivity contribution in [1.82, 2.24) is 4.98 Å². The molecule has 1 aromatic carbocycles. The lowest BCUT2D eigenvalue weighted by atomic mass is 10.0. The number of furan rings is 1. The van der Waals surface area contributed by atoms with E-state index in [2.05, 4.69) is 36.2 Å². The number of aromatic amines is 1. The Morgan fingerprint density at radius 2 is 1.89 bits per heavy atom. The summed E-state index contributed by atoms with van der Waals surface area (Å²) in [4.78, 5) is 3.32. The van der Waals surface area contributed by atoms with E-state index in [0.717, 1.165) is 28.0 Å². The first-order valence-electron chi connectivity index (χ1n) is 6.01. The highest BCUT2D eigenvalue weighted by molar-refractivity contribution is 5.87. The van der Waals surface area contributed by atoms with Crippen molar-refractivity contribution >= 4 is 16.8 Å². The highest BCUT2D eigenvalue weighted by atomic mass is 16.4. The largest absolute Gasteiger partial charge is 0.445 e. The summed E-state index contributed by atoms with van der Waals surface area (Å²) >= 11 is 0. The molecular weight excluding hydrogens is 224 g/mol. The number of hydrogen-bond acceptors (Lipinski definition) is 2. The fourth-order valence-electron chi connectivity index (χ4n) is 2.53. The minimum atomic E-state index is 0.507. The normalized spacial score (nSPS) is 11.3. The summed E-state index contributed by atoms with van der Waals surface area (Å²) in [5.41, 5.74) is 11.4. The third-order valence-electron chi connectivity index (χ3n) is 3.40. The molecular formula is C15H16N2O. The first-order chi connectivity index (χ1) is 8.56. The predicted molar refractivity (Wildman–Crippen MR) is 74.6 cm³/mol. The average molecular weight is 240 g/mol. The molecule has 3 rings (SSSR count). The van der Waals surface area contributed by atoms with E-state index in [4.69, 9.17) is 10.2 Å². The molecule has 92 valence electrons. The van der Waals surface area contributed by atoms with Gasteiger partial charge in [-0.1, -0.05) is 6.07 Å². The molecule has 0 saturated heterocycles. The summed E-state index contributed by atoms with van der Waals surface area (Å²) in [5, 5.41) is 1.21. The van der Waals surface area contributed by atoms with Gasteiger partial charge in [-0.25, -0.2) is 0 Å². The molecule has 0 bridgehead atoms. The van der Waals surface area contributed by atoms with Crippen molar-refractivity contribution in [1.29, 1.82) is 0 Å². The molecule has 0 radical (unpaired) electrons. The molecule has 3 heteroatoms. The molecule has 0 aliphatic carbocycles. The van der Waals surface area contributed by atoms with Crippen molar-refractivity contribution in [2.24, 2.45) is 0 Å². The maximum atomic E-state index is 5.82. The van der Waals surface area contributed by atoms with Gasteiger partial charge in [0.25, 0.3) is 0 Å². The summed E-state index contributed by atoms with van der Waals surface area (Å²) < 4.78 is 5.49. The second-order valence-electron chi connectivity index (χ2n) is 4.78. The van der Waals surface area contributed by atoms with Crippen LogP contribution < -0.4 is 5.73 Å². The van der Waals surface area contributed by atoms with Gasteiger partial charge in [0.1, 0.15) is 5.76 Å². The molecule has 3 nitrogen and oxygen atoms in total. The number of hydrogen-bond donors (Lipinski definition) is 2. The van der Waals surface area contributed by atoms with Gasteiger partial charge in [0.15, 0.2) is 5.88 Å². The number of anilines is 1. The van der Waals surface area contributed by atoms with E-state index in [1.807, 2.05) is 13.8 Å². The predicted octanol–water partition coefficient (Wildman–Crippen LogP) is 3.94. The van der Waals surface area contributed by atoms with E-state index < -0.39 is 0 Å². The maximum Gasteiger partial charge on any atom is 0.194 e. The van der Waals surface area contributed by atoms with Gasteiger partial charge in [-0.3, -0.25) is 0 Å². The molecule has 0 fully saturated rings. The van der Waals surface area contributed by atoms with Crippen LogP contribution in [0.2, 0.25) is 0 Å². The van der Waals surface area contributed by atoms with E-state index in [1.54, 1.807) is 0 Å². The van der Waals surface area contributed by atoms with Crippen molar-refractivity contribution in [3.8, 4) is 11.1 Å². The Kier molecular flexibility index (Phi) is 2.23. The second-order valence-corrected chi connectivity index (χ2v) is 4.78. The third-order valence-corrected chi connectivity index (χ3v) is 3.40. The molecule has 0 aliphatic rings. The van der Waals surface area contributed by atoms with Crippen LogP contribution in [0.3, 0.4) is 0 Å². The van der Waals surface area contributed by atoms with Gasteiger partial charge in [0.2, 0.25) is 0 Å². The highest BCUT2D eigenvalue weighted by Gasteiger charge is 2.14. The molecule has 0 spiro atoms. The lowest BCUT2D eigenvalue weighted by Crippen LogP contribution is -1.85. The van der Waals surface area contributed by atoms with Crippen LogP contribution in [0.25, 0.3) is 22.0 Å². The van der Waals surface area contributed by atoms with E-state index in [0.29, 0.717) is 5.88 Å². The highest BCUT2D eigenvalue weighted by Crippen LogP contribution is 2.34. The van der Waals surface area contributed by atoms with E-state index in [1.165, 1.54) is 11.1 Å². The zero-order valence-electron chi connectivity index (χ0n) is 10.8. The Bertz CT molecular complexity index is 734. The SMILES string of the molecule is Cc1cc2cc(-c3c(C)oc(N)c3C)ccc2[nH]1. The first kappa shape index (κ1) is 11.0. The van der Waals surface area contributed by atoms with Gasteiger partial charge in [0, 0.05) is 27.7 Å². The Balaban J connectivity index is 2.24. The molecule has 3 aromatic rings. The number of rotatable bonds is 1. The number of benzene rings is 1. The van der Waals surface area contributed by atoms with Crippen LogP contribution in [0.5, 0.6) is 0 Å². The number of nitrogens with two attached hydrogens (primary N) is 1. The number of aryl methyl sites for hydroxylation is 2. The summed E-state index contributed by atoms with van der Waals surface area (Å²) in [7, 11) is 0. The van der Waals surface area contributed by atoms with E-state index in [-0.39, 0.29) is 0 Å². The quantitative estimate of drug-likeness (QED) is 0.677. The maximum absolute atomic E-state index is 5.82. The van der Waals surface area contributed by atoms with Crippen LogP contribution in [0, 0.1) is 20.8 Å². The molecule has 0 atom stereocenters. The van der Waals surface area contributed by atoms with Crippen molar-refractivity contribution in [2.45, 2.75) is 20.8 Å². The van der Waals surface area contributed by atoms with Crippen LogP contribution in [0.1, 0.15) is 17.0 Å². The monoisotopic (exact) mass is 240 g/mol. The fraction of sp³-hybridized carbons (Fsp3) is 0.200. The minimum absolute atomic E-state index is 0.507. The lowest BCUT2D eigenvalue weighted by molar-refractivity contribution is 0.553. The first-order valence-corrected chi connectivity index (χ1v) is 6.01. The third kappa shape index (κ3) is 1.51. The molecule has 0 saturated carbocycles. The van der Waals surface area contributed by atoms with E-state index in [9.17, 15) is 0 Å². The summed E-state index contributed by atoms with van der Waals surface area (Å²) in [5.74, 6) is 1.38. The zero-order chi connectivity index (χ0) is 12.9. The standard InChI is InChI=1S/C15H16N2O/c1-8-6-12-7-11(4-5-13(12)17-8)14-9(2)15(16)18-10(14)3/h4-7,17H,16H2,1-3H3. The molecule has 18 heavy (non-hydrogen) atoms. The Morgan fingerprint density at radius 1 is 1.11 bits per heavy atom. The number of nitrogens with one attached hydrogen (secondary N) is 1. The number of H-pyrrole nitrogens is 1. The summed E-state index contributed by atoms with van der Waals surface area (Å²) in [6.07, 6.45) is 0. The van der Waals surface area contributed by atoms with Crippen molar-refractivity contribution in [3.63, 3.8) is 0 Å². The lowest BCUT2D eigenvalue weighted by Gasteiger charge is -2.01. The Morgan fingerprint density at radius 3 is 2.56 bits per heavy atom. The summed E-state index contributed by atoms with van der Waals surface area (Å²) in [6.45, 7) is 6.00. The molecule has 0 unspecified atom stereocenters. The van der Waals surface area contributed by atoms with Gasteiger partial charge in [-0.05, 0) is 44.5 Å². The number of aromatic nitrogens is 1. The fourth-order valence-corrected chi connectivity index (χ4v) is 2.53. The van der Waals surface area contributed by atoms with Crippen molar-refractivity contribution < 1.29 is 4.42 Å². The van der Waals surface area contributed by atoms with Gasteiger partial charge >= 0.3 is 0 Å². The van der Waals surface area contributed by atoms with Gasteiger partial charge in [-0.15, -0.1) is 0 Å². The van der Waals surface area contributed by atoms with Crippen LogP contribution in [0.15, 0.2) is 28.7 Å². The molecule has 0 aliphatic heterocycles. The van der Waals surface area contributed by atoms with E-state index >= 15 is 0 Å². The van der Waals surface area contributed by atoms with Gasteiger partial charge < -0.3 is 15.1 Å². The number of nitrogen functional groups attached to an aromatic ring is 1. The molecule has 2 heterocycles. The molecule has 2 aromatic heterocycles. The summed E-state index contributed by atoms with van der Waals surface area (Å²) in [6, 6.07) is 8.51. The van der Waals surface area contributed by atoms with Gasteiger partial charge in [0.05, 0.1) is 0 Å². The number of fused-ring (bicyclic) bond motifs is 1. The average Bonchev–Trinajstić information content (AvgIpc) is 2.78. The molecule has 0 amide bonds. The van der Waals surface area contributed by atoms with Gasteiger partial charge in [-0.2, -0.15) is 0 Å². The second kappa shape index (κ2) is 3.67. The Labute approximate surface area is 106 Å². The van der Waals surface area contributed by atoms with Crippen molar-refractivity contribution in [2.75, 3.05) is 5.73 Å². The Hall–Kier alpha value is -2.16. The topological polar surface area (TPSA) is 54.9 Å². The smallest absolute Gasteiger partial charge is 0.194 e. The van der Waals surface area contributed by atoms with Crippen LogP contribution in [-0.2, 0) is 0 Å². The zero-order valence-corrected chi connectivity index (χ0v) is 10.8. The van der Waals surface area contributed by atoms with Crippen molar-refractivity contribution in [3.05, 3.63) is 41.3 Å². The minimum Gasteiger partial charge on any atom is -0.445 e. The van der Waals surface area contributed by atoms with Crippen LogP contribution in [-0.4, -0.2) is 4.98 Å². The van der Waals surface area contributed by atoms with Crippen LogP contribution >= 0.6 is 0 Å². The molecule has 3 N–H and O–H groups in total.